The smallest absolute Gasteiger partial charge is 0.0328 e. The molecule has 1 atom stereocenters. The molecule has 1 unspecified atom stereocenters. The van der Waals surface area contributed by atoms with Crippen molar-refractivity contribution in [2.24, 2.45) is 0 Å². The predicted molar refractivity (Wildman–Crippen MR) is 64.4 cm³/mol. The van der Waals surface area contributed by atoms with Crippen LogP contribution in [0.25, 0.3) is 10.8 Å². The van der Waals surface area contributed by atoms with Gasteiger partial charge in [-0.2, -0.15) is 0 Å². The Morgan fingerprint density at radius 2 is 1.88 bits per heavy atom. The normalized spacial score (nSPS) is 12.9. The lowest BCUT2D eigenvalue weighted by molar-refractivity contribution is 0.523. The van der Waals surface area contributed by atoms with Crippen LogP contribution in [0.2, 0.25) is 0 Å². The van der Waals surface area contributed by atoms with Crippen molar-refractivity contribution in [3.8, 4) is 0 Å². The van der Waals surface area contributed by atoms with E-state index in [0.29, 0.717) is 6.54 Å². The van der Waals surface area contributed by atoms with Crippen LogP contribution in [0.15, 0.2) is 36.4 Å². The average Bonchev–Trinajstić information content (AvgIpc) is 2.28. The second-order valence-electron chi connectivity index (χ2n) is 3.64. The number of benzene rings is 2. The van der Waals surface area contributed by atoms with Gasteiger partial charge in [-0.05, 0) is 28.8 Å². The van der Waals surface area contributed by atoms with Crippen LogP contribution in [0.1, 0.15) is 11.1 Å². The van der Waals surface area contributed by atoms with Crippen LogP contribution < -0.4 is 4.72 Å². The lowest BCUT2D eigenvalue weighted by atomic mass is 10.0. The maximum absolute atomic E-state index is 10.5. The molecule has 2 aromatic carbocycles. The summed E-state index contributed by atoms with van der Waals surface area (Å²) < 4.78 is 23.3. The zero-order chi connectivity index (χ0) is 11.5. The quantitative estimate of drug-likeness (QED) is 0.826. The van der Waals surface area contributed by atoms with Crippen molar-refractivity contribution in [2.75, 3.05) is 0 Å². The average molecular weight is 234 g/mol. The molecule has 84 valence electrons. The van der Waals surface area contributed by atoms with Gasteiger partial charge in [0.25, 0.3) is 0 Å². The Balaban J connectivity index is 2.46. The molecule has 0 radical (unpaired) electrons. The van der Waals surface area contributed by atoms with E-state index in [-0.39, 0.29) is 0 Å². The minimum atomic E-state index is -2.21. The van der Waals surface area contributed by atoms with Crippen LogP contribution in [0, 0.1) is 6.92 Å². The largest absolute Gasteiger partial charge is 0.760 e. The molecule has 0 saturated carbocycles. The van der Waals surface area contributed by atoms with Gasteiger partial charge in [0.05, 0.1) is 0 Å². The molecule has 4 heteroatoms. The summed E-state index contributed by atoms with van der Waals surface area (Å²) in [5.74, 6) is 0. The summed E-state index contributed by atoms with van der Waals surface area (Å²) in [6, 6.07) is 12.0. The van der Waals surface area contributed by atoms with Gasteiger partial charge in [-0.25, -0.2) is 4.72 Å². The highest BCUT2D eigenvalue weighted by atomic mass is 32.2. The van der Waals surface area contributed by atoms with Gasteiger partial charge in [0.15, 0.2) is 0 Å². The first-order valence-electron chi connectivity index (χ1n) is 4.98. The molecule has 0 aliphatic carbocycles. The fourth-order valence-electron chi connectivity index (χ4n) is 1.80. The van der Waals surface area contributed by atoms with Gasteiger partial charge in [0.1, 0.15) is 0 Å². The highest BCUT2D eigenvalue weighted by molar-refractivity contribution is 7.77. The highest BCUT2D eigenvalue weighted by Gasteiger charge is 2.02. The summed E-state index contributed by atoms with van der Waals surface area (Å²) in [5, 5.41) is 2.26. The monoisotopic (exact) mass is 234 g/mol. The van der Waals surface area contributed by atoms with Crippen LogP contribution in [0.4, 0.5) is 0 Å². The second-order valence-corrected chi connectivity index (χ2v) is 4.40. The van der Waals surface area contributed by atoms with Gasteiger partial charge >= 0.3 is 0 Å². The van der Waals surface area contributed by atoms with Crippen molar-refractivity contribution in [3.05, 3.63) is 47.5 Å². The second kappa shape index (κ2) is 4.74. The number of hydrogen-bond donors (Lipinski definition) is 1. The molecule has 1 N–H and O–H groups in total. The Morgan fingerprint density at radius 1 is 1.19 bits per heavy atom. The van der Waals surface area contributed by atoms with Crippen molar-refractivity contribution in [3.63, 3.8) is 0 Å². The van der Waals surface area contributed by atoms with Gasteiger partial charge in [-0.15, -0.1) is 0 Å². The van der Waals surface area contributed by atoms with Crippen molar-refractivity contribution >= 4 is 22.0 Å². The highest BCUT2D eigenvalue weighted by Crippen LogP contribution is 2.22. The molecular weight excluding hydrogens is 222 g/mol. The van der Waals surface area contributed by atoms with Crippen LogP contribution >= 0.6 is 0 Å². The maximum atomic E-state index is 10.5. The van der Waals surface area contributed by atoms with Crippen LogP contribution in [-0.2, 0) is 17.8 Å². The molecule has 0 aliphatic heterocycles. The van der Waals surface area contributed by atoms with E-state index in [9.17, 15) is 8.76 Å². The summed E-state index contributed by atoms with van der Waals surface area (Å²) in [4.78, 5) is 0. The summed E-state index contributed by atoms with van der Waals surface area (Å²) in [6.45, 7) is 2.38. The third-order valence-electron chi connectivity index (χ3n) is 2.61. The van der Waals surface area contributed by atoms with E-state index in [0.717, 1.165) is 10.9 Å². The number of rotatable bonds is 3. The van der Waals surface area contributed by atoms with Gasteiger partial charge in [0.2, 0.25) is 0 Å². The van der Waals surface area contributed by atoms with E-state index >= 15 is 0 Å². The lowest BCUT2D eigenvalue weighted by Crippen LogP contribution is -2.15. The van der Waals surface area contributed by atoms with E-state index in [1.165, 1.54) is 10.9 Å². The Bertz CT molecular complexity index is 540. The Labute approximate surface area is 96.9 Å². The lowest BCUT2D eigenvalue weighted by Gasteiger charge is -2.11. The Hall–Kier alpha value is -1.23. The molecule has 2 aromatic rings. The Kier molecular flexibility index (Phi) is 3.33. The molecule has 0 aromatic heterocycles. The summed E-state index contributed by atoms with van der Waals surface area (Å²) >= 11 is -2.21. The van der Waals surface area contributed by atoms with Gasteiger partial charge in [-0.1, -0.05) is 36.4 Å². The molecule has 3 nitrogen and oxygen atoms in total. The maximum Gasteiger partial charge on any atom is 0.0328 e. The SMILES string of the molecule is Cc1ccc(CNS(=O)[O-])c2ccccc12. The first kappa shape index (κ1) is 11.3. The zero-order valence-corrected chi connectivity index (χ0v) is 9.71. The number of hydrogen-bond acceptors (Lipinski definition) is 2. The third-order valence-corrected chi connectivity index (χ3v) is 2.99. The summed E-state index contributed by atoms with van der Waals surface area (Å²) in [7, 11) is 0. The molecule has 0 heterocycles. The first-order chi connectivity index (χ1) is 7.68. The number of fused-ring (bicyclic) bond motifs is 1. The summed E-state index contributed by atoms with van der Waals surface area (Å²) in [5.41, 5.74) is 2.19. The number of aryl methyl sites for hydroxylation is 1. The molecule has 0 saturated heterocycles. The van der Waals surface area contributed by atoms with Crippen molar-refractivity contribution in [1.82, 2.24) is 4.72 Å². The Morgan fingerprint density at radius 3 is 2.56 bits per heavy atom. The van der Waals surface area contributed by atoms with E-state index in [4.69, 9.17) is 0 Å². The van der Waals surface area contributed by atoms with Gasteiger partial charge in [0, 0.05) is 17.8 Å². The molecule has 0 amide bonds. The standard InChI is InChI=1S/C12H13NO2S/c1-9-6-7-10(8-13-16(14)15)12-5-3-2-4-11(9)12/h2-7,13H,8H2,1H3,(H,14,15)/p-1. The van der Waals surface area contributed by atoms with E-state index in [1.807, 2.05) is 43.3 Å². The van der Waals surface area contributed by atoms with Gasteiger partial charge in [-0.3, -0.25) is 4.21 Å². The summed E-state index contributed by atoms with van der Waals surface area (Å²) in [6.07, 6.45) is 0. The third kappa shape index (κ3) is 2.29. The van der Waals surface area contributed by atoms with E-state index < -0.39 is 11.3 Å². The molecule has 0 bridgehead atoms. The predicted octanol–water partition coefficient (Wildman–Crippen LogP) is 2.03. The first-order valence-corrected chi connectivity index (χ1v) is 6.06. The molecule has 16 heavy (non-hydrogen) atoms. The zero-order valence-electron chi connectivity index (χ0n) is 8.90. The van der Waals surface area contributed by atoms with E-state index in [1.54, 1.807) is 0 Å². The fourth-order valence-corrected chi connectivity index (χ4v) is 2.08. The fraction of sp³-hybridized carbons (Fsp3) is 0.167. The van der Waals surface area contributed by atoms with Crippen molar-refractivity contribution < 1.29 is 8.76 Å². The van der Waals surface area contributed by atoms with Crippen LogP contribution in [-0.4, -0.2) is 8.76 Å². The molecular formula is C12H12NO2S-. The number of nitrogens with one attached hydrogen (secondary N) is 1. The minimum absolute atomic E-state index is 0.330. The van der Waals surface area contributed by atoms with Crippen LogP contribution in [0.5, 0.6) is 0 Å². The molecule has 2 rings (SSSR count). The van der Waals surface area contributed by atoms with Gasteiger partial charge < -0.3 is 4.55 Å². The minimum Gasteiger partial charge on any atom is -0.760 e. The van der Waals surface area contributed by atoms with Crippen molar-refractivity contribution in [2.45, 2.75) is 13.5 Å². The molecule has 0 spiro atoms. The molecule has 0 aliphatic rings. The van der Waals surface area contributed by atoms with E-state index in [2.05, 4.69) is 4.72 Å². The topological polar surface area (TPSA) is 52.2 Å². The van der Waals surface area contributed by atoms with Crippen LogP contribution in [0.3, 0.4) is 0 Å². The molecule has 0 fully saturated rings. The van der Waals surface area contributed by atoms with Crippen molar-refractivity contribution in [1.29, 1.82) is 0 Å².